The lowest BCUT2D eigenvalue weighted by molar-refractivity contribution is 0.0590. The highest BCUT2D eigenvalue weighted by Crippen LogP contribution is 2.19. The van der Waals surface area contributed by atoms with E-state index in [2.05, 4.69) is 12.2 Å². The molecule has 25 heavy (non-hydrogen) atoms. The van der Waals surface area contributed by atoms with Crippen LogP contribution < -0.4 is 10.1 Å². The van der Waals surface area contributed by atoms with Crippen molar-refractivity contribution < 1.29 is 24.4 Å². The fraction of sp³-hybridized carbons (Fsp3) is 0.684. The lowest BCUT2D eigenvalue weighted by Gasteiger charge is -2.16. The summed E-state index contributed by atoms with van der Waals surface area (Å²) >= 11 is 0. The Morgan fingerprint density at radius 2 is 1.88 bits per heavy atom. The van der Waals surface area contributed by atoms with E-state index in [1.54, 1.807) is 7.11 Å². The van der Waals surface area contributed by atoms with Gasteiger partial charge in [-0.05, 0) is 25.5 Å². The van der Waals surface area contributed by atoms with Gasteiger partial charge in [-0.3, -0.25) is 0 Å². The number of rotatable bonds is 15. The van der Waals surface area contributed by atoms with Crippen molar-refractivity contribution >= 4 is 0 Å². The first-order valence-corrected chi connectivity index (χ1v) is 9.01. The molecule has 6 nitrogen and oxygen atoms in total. The predicted molar refractivity (Wildman–Crippen MR) is 97.9 cm³/mol. The van der Waals surface area contributed by atoms with E-state index in [1.807, 2.05) is 24.3 Å². The average Bonchev–Trinajstić information content (AvgIpc) is 2.61. The Balaban J connectivity index is 2.25. The SMILES string of the molecule is CCCC(O)CCNCC(O)COc1ccccc1COCCOC. The summed E-state index contributed by atoms with van der Waals surface area (Å²) in [5.74, 6) is 0.720. The van der Waals surface area contributed by atoms with E-state index in [4.69, 9.17) is 14.2 Å². The molecular weight excluding hydrogens is 322 g/mol. The van der Waals surface area contributed by atoms with Crippen LogP contribution in [0.1, 0.15) is 31.7 Å². The molecule has 3 N–H and O–H groups in total. The van der Waals surface area contributed by atoms with E-state index in [0.29, 0.717) is 39.3 Å². The molecule has 1 aromatic carbocycles. The Morgan fingerprint density at radius 1 is 1.08 bits per heavy atom. The maximum atomic E-state index is 10.0. The fourth-order valence-electron chi connectivity index (χ4n) is 2.35. The predicted octanol–water partition coefficient (Wildman–Crippen LogP) is 1.73. The number of para-hydroxylation sites is 1. The second-order valence-corrected chi connectivity index (χ2v) is 6.05. The normalized spacial score (nSPS) is 13.6. The van der Waals surface area contributed by atoms with Gasteiger partial charge >= 0.3 is 0 Å². The number of aliphatic hydroxyl groups excluding tert-OH is 2. The van der Waals surface area contributed by atoms with E-state index >= 15 is 0 Å². The molecule has 144 valence electrons. The third kappa shape index (κ3) is 10.4. The first kappa shape index (κ1) is 21.9. The number of aliphatic hydroxyl groups is 2. The molecule has 1 rings (SSSR count). The highest BCUT2D eigenvalue weighted by atomic mass is 16.5. The summed E-state index contributed by atoms with van der Waals surface area (Å²) in [5.41, 5.74) is 0.946. The van der Waals surface area contributed by atoms with Gasteiger partial charge in [0.05, 0.1) is 25.9 Å². The smallest absolute Gasteiger partial charge is 0.124 e. The molecule has 0 aliphatic carbocycles. The van der Waals surface area contributed by atoms with Gasteiger partial charge in [0.15, 0.2) is 0 Å². The molecule has 2 unspecified atom stereocenters. The van der Waals surface area contributed by atoms with Crippen LogP contribution in [0, 0.1) is 0 Å². The molecular formula is C19H33NO5. The van der Waals surface area contributed by atoms with E-state index in [0.717, 1.165) is 24.2 Å². The number of nitrogens with one attached hydrogen (secondary N) is 1. The Bertz CT molecular complexity index is 444. The van der Waals surface area contributed by atoms with Gasteiger partial charge in [-0.2, -0.15) is 0 Å². The standard InChI is InChI=1S/C19H33NO5/c1-3-6-17(21)9-10-20-13-18(22)15-25-19-8-5-4-7-16(19)14-24-12-11-23-2/h4-5,7-8,17-18,20-22H,3,6,9-15H2,1-2H3. The lowest BCUT2D eigenvalue weighted by atomic mass is 10.1. The Kier molecular flexibility index (Phi) is 12.3. The Hall–Kier alpha value is -1.18. The summed E-state index contributed by atoms with van der Waals surface area (Å²) in [6.45, 7) is 4.91. The molecule has 0 saturated carbocycles. The minimum Gasteiger partial charge on any atom is -0.490 e. The number of benzene rings is 1. The minimum atomic E-state index is -0.606. The first-order chi connectivity index (χ1) is 12.2. The monoisotopic (exact) mass is 355 g/mol. The summed E-state index contributed by atoms with van der Waals surface area (Å²) in [7, 11) is 1.64. The maximum absolute atomic E-state index is 10.0. The van der Waals surface area contributed by atoms with Crippen molar-refractivity contribution in [3.05, 3.63) is 29.8 Å². The second-order valence-electron chi connectivity index (χ2n) is 6.05. The van der Waals surface area contributed by atoms with E-state index in [1.165, 1.54) is 0 Å². The van der Waals surface area contributed by atoms with Gasteiger partial charge in [0, 0.05) is 19.2 Å². The summed E-state index contributed by atoms with van der Waals surface area (Å²) in [4.78, 5) is 0. The Labute approximate surface area is 151 Å². The van der Waals surface area contributed by atoms with Crippen molar-refractivity contribution in [1.29, 1.82) is 0 Å². The van der Waals surface area contributed by atoms with Gasteiger partial charge in [0.25, 0.3) is 0 Å². The quantitative estimate of drug-likeness (QED) is 0.416. The zero-order chi connectivity index (χ0) is 18.3. The molecule has 0 aliphatic heterocycles. The molecule has 6 heteroatoms. The molecule has 0 aromatic heterocycles. The molecule has 0 bridgehead atoms. The van der Waals surface area contributed by atoms with E-state index in [-0.39, 0.29) is 12.7 Å². The van der Waals surface area contributed by atoms with Crippen LogP contribution in [0.4, 0.5) is 0 Å². The van der Waals surface area contributed by atoms with Crippen molar-refractivity contribution in [3.8, 4) is 5.75 Å². The zero-order valence-electron chi connectivity index (χ0n) is 15.4. The highest BCUT2D eigenvalue weighted by molar-refractivity contribution is 5.32. The highest BCUT2D eigenvalue weighted by Gasteiger charge is 2.09. The molecule has 0 spiro atoms. The van der Waals surface area contributed by atoms with Gasteiger partial charge in [0.2, 0.25) is 0 Å². The zero-order valence-corrected chi connectivity index (χ0v) is 15.4. The van der Waals surface area contributed by atoms with Crippen LogP contribution in [0.2, 0.25) is 0 Å². The van der Waals surface area contributed by atoms with E-state index in [9.17, 15) is 10.2 Å². The number of hydrogen-bond donors (Lipinski definition) is 3. The van der Waals surface area contributed by atoms with Crippen molar-refractivity contribution in [3.63, 3.8) is 0 Å². The van der Waals surface area contributed by atoms with Crippen LogP contribution in [0.3, 0.4) is 0 Å². The topological polar surface area (TPSA) is 80.2 Å². The van der Waals surface area contributed by atoms with Gasteiger partial charge in [-0.15, -0.1) is 0 Å². The molecule has 0 aliphatic rings. The lowest BCUT2D eigenvalue weighted by Crippen LogP contribution is -2.33. The second kappa shape index (κ2) is 14.0. The molecule has 1 aromatic rings. The molecule has 0 radical (unpaired) electrons. The number of methoxy groups -OCH3 is 1. The van der Waals surface area contributed by atoms with Gasteiger partial charge in [-0.25, -0.2) is 0 Å². The minimum absolute atomic E-state index is 0.208. The van der Waals surface area contributed by atoms with Crippen LogP contribution in [0.5, 0.6) is 5.75 Å². The fourth-order valence-corrected chi connectivity index (χ4v) is 2.35. The van der Waals surface area contributed by atoms with Crippen molar-refractivity contribution in [2.75, 3.05) is 40.0 Å². The third-order valence-corrected chi connectivity index (χ3v) is 3.75. The van der Waals surface area contributed by atoms with Crippen molar-refractivity contribution in [2.45, 2.75) is 45.0 Å². The van der Waals surface area contributed by atoms with Crippen molar-refractivity contribution in [1.82, 2.24) is 5.32 Å². The van der Waals surface area contributed by atoms with Gasteiger partial charge < -0.3 is 29.7 Å². The maximum Gasteiger partial charge on any atom is 0.124 e. The van der Waals surface area contributed by atoms with Crippen LogP contribution >= 0.6 is 0 Å². The largest absolute Gasteiger partial charge is 0.490 e. The van der Waals surface area contributed by atoms with Gasteiger partial charge in [-0.1, -0.05) is 31.5 Å². The van der Waals surface area contributed by atoms with Gasteiger partial charge in [0.1, 0.15) is 18.5 Å². The number of hydrogen-bond acceptors (Lipinski definition) is 6. The summed E-state index contributed by atoms with van der Waals surface area (Å²) in [6, 6.07) is 7.65. The first-order valence-electron chi connectivity index (χ1n) is 9.01. The van der Waals surface area contributed by atoms with E-state index < -0.39 is 6.10 Å². The van der Waals surface area contributed by atoms with Crippen LogP contribution in [-0.2, 0) is 16.1 Å². The summed E-state index contributed by atoms with van der Waals surface area (Å²) < 4.78 is 16.2. The van der Waals surface area contributed by atoms with Crippen LogP contribution in [0.15, 0.2) is 24.3 Å². The third-order valence-electron chi connectivity index (χ3n) is 3.75. The van der Waals surface area contributed by atoms with Crippen molar-refractivity contribution in [2.24, 2.45) is 0 Å². The molecule has 0 fully saturated rings. The summed E-state index contributed by atoms with van der Waals surface area (Å²) in [6.07, 6.45) is 1.62. The van der Waals surface area contributed by atoms with Crippen LogP contribution in [-0.4, -0.2) is 62.4 Å². The number of ether oxygens (including phenoxy) is 3. The summed E-state index contributed by atoms with van der Waals surface area (Å²) in [5, 5.41) is 22.8. The molecule has 0 saturated heterocycles. The average molecular weight is 355 g/mol. The molecule has 0 heterocycles. The molecule has 2 atom stereocenters. The Morgan fingerprint density at radius 3 is 2.64 bits per heavy atom. The van der Waals surface area contributed by atoms with Crippen LogP contribution in [0.25, 0.3) is 0 Å². The molecule has 0 amide bonds.